The normalized spacial score (nSPS) is 15.3. The Kier molecular flexibility index (Phi) is 5.33. The van der Waals surface area contributed by atoms with Gasteiger partial charge in [-0.15, -0.1) is 0 Å². The van der Waals surface area contributed by atoms with E-state index in [1.165, 1.54) is 0 Å². The second kappa shape index (κ2) is 7.22. The van der Waals surface area contributed by atoms with Crippen molar-refractivity contribution in [3.05, 3.63) is 29.8 Å². The van der Waals surface area contributed by atoms with Gasteiger partial charge in [-0.25, -0.2) is 0 Å². The zero-order chi connectivity index (χ0) is 15.2. The van der Waals surface area contributed by atoms with Crippen molar-refractivity contribution in [2.45, 2.75) is 32.7 Å². The molecule has 2 amide bonds. The number of benzene rings is 1. The number of rotatable bonds is 7. The average molecular weight is 289 g/mol. The van der Waals surface area contributed by atoms with E-state index < -0.39 is 0 Å². The minimum Gasteiger partial charge on any atom is -0.349 e. The van der Waals surface area contributed by atoms with Gasteiger partial charge < -0.3 is 16.0 Å². The molecule has 2 rings (SSSR count). The van der Waals surface area contributed by atoms with Crippen molar-refractivity contribution >= 4 is 17.5 Å². The maximum atomic E-state index is 12.0. The van der Waals surface area contributed by atoms with Gasteiger partial charge in [0.2, 0.25) is 5.91 Å². The van der Waals surface area contributed by atoms with E-state index in [1.54, 1.807) is 24.3 Å². The number of anilines is 1. The topological polar surface area (TPSA) is 70.2 Å². The predicted octanol–water partition coefficient (Wildman–Crippen LogP) is 1.76. The lowest BCUT2D eigenvalue weighted by molar-refractivity contribution is -0.119. The van der Waals surface area contributed by atoms with Crippen molar-refractivity contribution in [1.82, 2.24) is 10.6 Å². The third kappa shape index (κ3) is 4.86. The zero-order valence-corrected chi connectivity index (χ0v) is 12.6. The summed E-state index contributed by atoms with van der Waals surface area (Å²) in [6.45, 7) is 5.40. The Morgan fingerprint density at radius 2 is 1.90 bits per heavy atom. The maximum absolute atomic E-state index is 12.0. The summed E-state index contributed by atoms with van der Waals surface area (Å²) in [5.74, 6) is -0.162. The third-order valence-electron chi connectivity index (χ3n) is 3.48. The Balaban J connectivity index is 1.86. The summed E-state index contributed by atoms with van der Waals surface area (Å²) in [7, 11) is 0. The van der Waals surface area contributed by atoms with Crippen LogP contribution in [0.25, 0.3) is 0 Å². The number of carbonyl (C=O) groups is 2. The molecule has 5 nitrogen and oxygen atoms in total. The smallest absolute Gasteiger partial charge is 0.251 e. The highest BCUT2D eigenvalue weighted by molar-refractivity contribution is 5.96. The molecule has 1 atom stereocenters. The SMILES string of the molecule is CCNCC(C)C(=O)Nc1ccc(C(=O)NC2CC2)cc1. The van der Waals surface area contributed by atoms with Crippen LogP contribution in [0.2, 0.25) is 0 Å². The van der Waals surface area contributed by atoms with Gasteiger partial charge in [0, 0.05) is 29.8 Å². The first-order valence-electron chi connectivity index (χ1n) is 7.52. The monoisotopic (exact) mass is 289 g/mol. The van der Waals surface area contributed by atoms with Crippen LogP contribution < -0.4 is 16.0 Å². The molecule has 0 heterocycles. The molecule has 0 radical (unpaired) electrons. The largest absolute Gasteiger partial charge is 0.349 e. The van der Waals surface area contributed by atoms with Crippen molar-refractivity contribution in [2.24, 2.45) is 5.92 Å². The fourth-order valence-electron chi connectivity index (χ4n) is 1.92. The van der Waals surface area contributed by atoms with Crippen LogP contribution in [0.3, 0.4) is 0 Å². The molecule has 1 aromatic carbocycles. The average Bonchev–Trinajstić information content (AvgIpc) is 3.29. The molecule has 1 aliphatic carbocycles. The molecule has 114 valence electrons. The van der Waals surface area contributed by atoms with Crippen molar-refractivity contribution in [3.8, 4) is 0 Å². The van der Waals surface area contributed by atoms with Gasteiger partial charge in [0.25, 0.3) is 5.91 Å². The van der Waals surface area contributed by atoms with E-state index >= 15 is 0 Å². The number of carbonyl (C=O) groups excluding carboxylic acids is 2. The van der Waals surface area contributed by atoms with Crippen LogP contribution >= 0.6 is 0 Å². The van der Waals surface area contributed by atoms with Gasteiger partial charge in [0.1, 0.15) is 0 Å². The van der Waals surface area contributed by atoms with E-state index in [4.69, 9.17) is 0 Å². The van der Waals surface area contributed by atoms with Crippen molar-refractivity contribution in [3.63, 3.8) is 0 Å². The van der Waals surface area contributed by atoms with E-state index in [1.807, 2.05) is 13.8 Å². The number of amides is 2. The number of hydrogen-bond donors (Lipinski definition) is 3. The molecule has 1 aromatic rings. The summed E-state index contributed by atoms with van der Waals surface area (Å²) in [5.41, 5.74) is 1.34. The quantitative estimate of drug-likeness (QED) is 0.716. The minimum absolute atomic E-state index is 0.0221. The van der Waals surface area contributed by atoms with Crippen molar-refractivity contribution in [2.75, 3.05) is 18.4 Å². The highest BCUT2D eigenvalue weighted by atomic mass is 16.2. The van der Waals surface area contributed by atoms with E-state index in [0.717, 1.165) is 19.4 Å². The Labute approximate surface area is 125 Å². The molecule has 21 heavy (non-hydrogen) atoms. The van der Waals surface area contributed by atoms with Crippen LogP contribution in [0.4, 0.5) is 5.69 Å². The molecule has 1 saturated carbocycles. The molecule has 0 spiro atoms. The summed E-state index contributed by atoms with van der Waals surface area (Å²) in [6.07, 6.45) is 2.15. The van der Waals surface area contributed by atoms with E-state index in [0.29, 0.717) is 23.8 Å². The third-order valence-corrected chi connectivity index (χ3v) is 3.48. The van der Waals surface area contributed by atoms with Gasteiger partial charge in [-0.05, 0) is 43.7 Å². The fourth-order valence-corrected chi connectivity index (χ4v) is 1.92. The van der Waals surface area contributed by atoms with Crippen LogP contribution in [0.1, 0.15) is 37.0 Å². The van der Waals surface area contributed by atoms with Crippen LogP contribution in [-0.2, 0) is 4.79 Å². The van der Waals surface area contributed by atoms with Gasteiger partial charge in [0.15, 0.2) is 0 Å². The first kappa shape index (κ1) is 15.5. The highest BCUT2D eigenvalue weighted by Crippen LogP contribution is 2.19. The van der Waals surface area contributed by atoms with Gasteiger partial charge in [0.05, 0.1) is 0 Å². The Morgan fingerprint density at radius 3 is 2.48 bits per heavy atom. The predicted molar refractivity (Wildman–Crippen MR) is 83.3 cm³/mol. The Morgan fingerprint density at radius 1 is 1.24 bits per heavy atom. The second-order valence-electron chi connectivity index (χ2n) is 5.52. The molecule has 1 aliphatic rings. The molecule has 1 unspecified atom stereocenters. The number of nitrogens with one attached hydrogen (secondary N) is 3. The zero-order valence-electron chi connectivity index (χ0n) is 12.6. The van der Waals surface area contributed by atoms with Crippen LogP contribution in [0.15, 0.2) is 24.3 Å². The lowest BCUT2D eigenvalue weighted by atomic mass is 10.1. The van der Waals surface area contributed by atoms with E-state index in [-0.39, 0.29) is 17.7 Å². The summed E-state index contributed by atoms with van der Waals surface area (Å²) >= 11 is 0. The first-order chi connectivity index (χ1) is 10.1. The molecule has 0 aromatic heterocycles. The Hall–Kier alpha value is -1.88. The summed E-state index contributed by atoms with van der Waals surface area (Å²) in [6, 6.07) is 7.35. The molecular formula is C16H23N3O2. The van der Waals surface area contributed by atoms with Gasteiger partial charge in [-0.1, -0.05) is 13.8 Å². The molecule has 0 bridgehead atoms. The standard InChI is InChI=1S/C16H23N3O2/c1-3-17-10-11(2)15(20)18-13-6-4-12(5-7-13)16(21)19-14-8-9-14/h4-7,11,14,17H,3,8-10H2,1-2H3,(H,18,20)(H,19,21). The summed E-state index contributed by atoms with van der Waals surface area (Å²) in [4.78, 5) is 23.8. The number of hydrogen-bond acceptors (Lipinski definition) is 3. The van der Waals surface area contributed by atoms with Crippen molar-refractivity contribution in [1.29, 1.82) is 0 Å². The van der Waals surface area contributed by atoms with Crippen LogP contribution in [0.5, 0.6) is 0 Å². The van der Waals surface area contributed by atoms with E-state index in [9.17, 15) is 9.59 Å². The minimum atomic E-state index is -0.0946. The lowest BCUT2D eigenvalue weighted by Crippen LogP contribution is -2.30. The fraction of sp³-hybridized carbons (Fsp3) is 0.500. The van der Waals surface area contributed by atoms with Crippen LogP contribution in [-0.4, -0.2) is 30.9 Å². The highest BCUT2D eigenvalue weighted by Gasteiger charge is 2.23. The summed E-state index contributed by atoms with van der Waals surface area (Å²) < 4.78 is 0. The lowest BCUT2D eigenvalue weighted by Gasteiger charge is -2.12. The second-order valence-corrected chi connectivity index (χ2v) is 5.52. The summed E-state index contributed by atoms with van der Waals surface area (Å²) in [5, 5.41) is 8.95. The van der Waals surface area contributed by atoms with Crippen molar-refractivity contribution < 1.29 is 9.59 Å². The molecule has 0 aliphatic heterocycles. The molecule has 0 saturated heterocycles. The Bertz CT molecular complexity index is 495. The van der Waals surface area contributed by atoms with Gasteiger partial charge >= 0.3 is 0 Å². The van der Waals surface area contributed by atoms with Crippen LogP contribution in [0, 0.1) is 5.92 Å². The van der Waals surface area contributed by atoms with Gasteiger partial charge in [-0.2, -0.15) is 0 Å². The molecule has 3 N–H and O–H groups in total. The van der Waals surface area contributed by atoms with Gasteiger partial charge in [-0.3, -0.25) is 9.59 Å². The molecular weight excluding hydrogens is 266 g/mol. The molecule has 5 heteroatoms. The van der Waals surface area contributed by atoms with E-state index in [2.05, 4.69) is 16.0 Å². The maximum Gasteiger partial charge on any atom is 0.251 e. The molecule has 1 fully saturated rings. The first-order valence-corrected chi connectivity index (χ1v) is 7.52.